The van der Waals surface area contributed by atoms with E-state index in [1.165, 1.54) is 0 Å². The smallest absolute Gasteiger partial charge is 0.183 e. The van der Waals surface area contributed by atoms with Gasteiger partial charge in [0, 0.05) is 11.4 Å². The van der Waals surface area contributed by atoms with Crippen LogP contribution in [-0.2, 0) is 4.74 Å². The van der Waals surface area contributed by atoms with Gasteiger partial charge in [-0.25, -0.2) is 4.98 Å². The highest BCUT2D eigenvalue weighted by atomic mass is 32.1. The van der Waals surface area contributed by atoms with Crippen molar-refractivity contribution in [3.63, 3.8) is 0 Å². The van der Waals surface area contributed by atoms with E-state index in [1.807, 2.05) is 25.3 Å². The van der Waals surface area contributed by atoms with Crippen molar-refractivity contribution < 1.29 is 4.74 Å². The van der Waals surface area contributed by atoms with E-state index in [2.05, 4.69) is 29.1 Å². The standard InChI is InChI=1S/C13H21N3OS/c1-9(2)15-13-16-12(8-18-13)11(4)14-7-6-10(3)17-5/h6,8-9H,7H2,1-5H3,(H,15,16)/b10-6+,14-11?. The van der Waals surface area contributed by atoms with E-state index in [1.54, 1.807) is 18.4 Å². The second-order valence-electron chi connectivity index (χ2n) is 4.28. The molecule has 18 heavy (non-hydrogen) atoms. The number of allylic oxidation sites excluding steroid dienone is 1. The Hall–Kier alpha value is -1.36. The molecule has 0 unspecified atom stereocenters. The number of anilines is 1. The Labute approximate surface area is 113 Å². The number of thiazole rings is 1. The van der Waals surface area contributed by atoms with Crippen LogP contribution in [-0.4, -0.2) is 30.4 Å². The van der Waals surface area contributed by atoms with Gasteiger partial charge < -0.3 is 10.1 Å². The Morgan fingerprint density at radius 1 is 1.56 bits per heavy atom. The molecule has 0 saturated heterocycles. The molecular weight excluding hydrogens is 246 g/mol. The maximum Gasteiger partial charge on any atom is 0.183 e. The van der Waals surface area contributed by atoms with Gasteiger partial charge in [0.2, 0.25) is 0 Å². The molecule has 0 aromatic carbocycles. The molecule has 0 radical (unpaired) electrons. The van der Waals surface area contributed by atoms with Crippen LogP contribution in [0.4, 0.5) is 5.13 Å². The first kappa shape index (κ1) is 14.7. The Morgan fingerprint density at radius 2 is 2.28 bits per heavy atom. The summed E-state index contributed by atoms with van der Waals surface area (Å²) < 4.78 is 5.05. The molecule has 0 aliphatic heterocycles. The van der Waals surface area contributed by atoms with Gasteiger partial charge in [-0.3, -0.25) is 4.99 Å². The lowest BCUT2D eigenvalue weighted by molar-refractivity contribution is 0.292. The average Bonchev–Trinajstić information content (AvgIpc) is 2.76. The van der Waals surface area contributed by atoms with E-state index < -0.39 is 0 Å². The molecule has 0 aliphatic carbocycles. The zero-order valence-electron chi connectivity index (χ0n) is 11.7. The third-order valence-corrected chi connectivity index (χ3v) is 3.09. The quantitative estimate of drug-likeness (QED) is 0.635. The van der Waals surface area contributed by atoms with Crippen LogP contribution >= 0.6 is 11.3 Å². The summed E-state index contributed by atoms with van der Waals surface area (Å²) in [4.78, 5) is 8.94. The average molecular weight is 267 g/mol. The number of nitrogens with zero attached hydrogens (tertiary/aromatic N) is 2. The molecule has 0 aliphatic rings. The lowest BCUT2D eigenvalue weighted by Crippen LogP contribution is -2.09. The van der Waals surface area contributed by atoms with Crippen molar-refractivity contribution >= 4 is 22.2 Å². The molecule has 1 aromatic heterocycles. The number of hydrogen-bond donors (Lipinski definition) is 1. The van der Waals surface area contributed by atoms with Gasteiger partial charge in [0.05, 0.1) is 30.8 Å². The van der Waals surface area contributed by atoms with Crippen LogP contribution in [0.3, 0.4) is 0 Å². The summed E-state index contributed by atoms with van der Waals surface area (Å²) in [5, 5.41) is 6.25. The Bertz CT molecular complexity index is 435. The van der Waals surface area contributed by atoms with Crippen molar-refractivity contribution in [2.45, 2.75) is 33.7 Å². The van der Waals surface area contributed by atoms with Gasteiger partial charge in [-0.2, -0.15) is 0 Å². The van der Waals surface area contributed by atoms with Crippen LogP contribution in [0.1, 0.15) is 33.4 Å². The topological polar surface area (TPSA) is 46.5 Å². The van der Waals surface area contributed by atoms with E-state index in [9.17, 15) is 0 Å². The summed E-state index contributed by atoms with van der Waals surface area (Å²) in [6.07, 6.45) is 1.95. The Kier molecular flexibility index (Phi) is 5.85. The highest BCUT2D eigenvalue weighted by molar-refractivity contribution is 7.13. The number of aliphatic imine (C=N–C) groups is 1. The summed E-state index contributed by atoms with van der Waals surface area (Å²) in [7, 11) is 1.66. The Balaban J connectivity index is 2.63. The fourth-order valence-corrected chi connectivity index (χ4v) is 2.13. The van der Waals surface area contributed by atoms with Crippen LogP contribution in [0.2, 0.25) is 0 Å². The number of hydrogen-bond acceptors (Lipinski definition) is 5. The van der Waals surface area contributed by atoms with Gasteiger partial charge in [-0.05, 0) is 33.8 Å². The van der Waals surface area contributed by atoms with E-state index in [0.717, 1.165) is 22.3 Å². The number of nitrogens with one attached hydrogen (secondary N) is 1. The first-order valence-corrected chi connectivity index (χ1v) is 6.85. The number of rotatable bonds is 6. The molecule has 0 spiro atoms. The zero-order chi connectivity index (χ0) is 13.5. The van der Waals surface area contributed by atoms with E-state index in [4.69, 9.17) is 4.74 Å². The maximum absolute atomic E-state index is 5.05. The first-order valence-electron chi connectivity index (χ1n) is 5.97. The van der Waals surface area contributed by atoms with Crippen molar-refractivity contribution in [3.8, 4) is 0 Å². The van der Waals surface area contributed by atoms with Crippen molar-refractivity contribution in [1.29, 1.82) is 0 Å². The van der Waals surface area contributed by atoms with Crippen LogP contribution < -0.4 is 5.32 Å². The predicted molar refractivity (Wildman–Crippen MR) is 78.7 cm³/mol. The summed E-state index contributed by atoms with van der Waals surface area (Å²) >= 11 is 1.61. The predicted octanol–water partition coefficient (Wildman–Crippen LogP) is 3.32. The molecule has 0 atom stereocenters. The summed E-state index contributed by atoms with van der Waals surface area (Å²) in [6.45, 7) is 8.71. The number of ether oxygens (including phenoxy) is 1. The van der Waals surface area contributed by atoms with Gasteiger partial charge in [0.25, 0.3) is 0 Å². The molecule has 1 rings (SSSR count). The lowest BCUT2D eigenvalue weighted by Gasteiger charge is -2.04. The second kappa shape index (κ2) is 7.16. The molecule has 100 valence electrons. The number of aromatic nitrogens is 1. The summed E-state index contributed by atoms with van der Waals surface area (Å²) in [5.41, 5.74) is 1.88. The maximum atomic E-state index is 5.05. The molecule has 4 nitrogen and oxygen atoms in total. The molecule has 5 heteroatoms. The van der Waals surface area contributed by atoms with Crippen LogP contribution in [0, 0.1) is 0 Å². The monoisotopic (exact) mass is 267 g/mol. The normalized spacial score (nSPS) is 13.0. The number of methoxy groups -OCH3 is 1. The second-order valence-corrected chi connectivity index (χ2v) is 5.14. The van der Waals surface area contributed by atoms with E-state index in [-0.39, 0.29) is 0 Å². The molecule has 0 saturated carbocycles. The van der Waals surface area contributed by atoms with Crippen LogP contribution in [0.25, 0.3) is 0 Å². The first-order chi connectivity index (χ1) is 8.52. The molecule has 0 fully saturated rings. The summed E-state index contributed by atoms with van der Waals surface area (Å²) in [5.74, 6) is 0.881. The van der Waals surface area contributed by atoms with Crippen molar-refractivity contribution in [2.24, 2.45) is 4.99 Å². The molecule has 1 aromatic rings. The summed E-state index contributed by atoms with van der Waals surface area (Å²) in [6, 6.07) is 0.397. The third kappa shape index (κ3) is 4.87. The fraction of sp³-hybridized carbons (Fsp3) is 0.538. The third-order valence-electron chi connectivity index (χ3n) is 2.32. The highest BCUT2D eigenvalue weighted by Crippen LogP contribution is 2.16. The molecule has 1 heterocycles. The van der Waals surface area contributed by atoms with Gasteiger partial charge >= 0.3 is 0 Å². The van der Waals surface area contributed by atoms with Gasteiger partial charge in [-0.1, -0.05) is 0 Å². The zero-order valence-corrected chi connectivity index (χ0v) is 12.5. The minimum atomic E-state index is 0.397. The molecule has 0 amide bonds. The molecular formula is C13H21N3OS. The molecule has 1 N–H and O–H groups in total. The Morgan fingerprint density at radius 3 is 2.89 bits per heavy atom. The van der Waals surface area contributed by atoms with Crippen molar-refractivity contribution in [3.05, 3.63) is 22.9 Å². The van der Waals surface area contributed by atoms with Crippen molar-refractivity contribution in [2.75, 3.05) is 19.0 Å². The largest absolute Gasteiger partial charge is 0.502 e. The highest BCUT2D eigenvalue weighted by Gasteiger charge is 2.05. The minimum Gasteiger partial charge on any atom is -0.502 e. The van der Waals surface area contributed by atoms with E-state index in [0.29, 0.717) is 12.6 Å². The SMILES string of the molecule is CO/C(C)=C/CN=C(C)c1csc(NC(C)C)n1. The fourth-order valence-electron chi connectivity index (χ4n) is 1.23. The van der Waals surface area contributed by atoms with Crippen molar-refractivity contribution in [1.82, 2.24) is 4.98 Å². The van der Waals surface area contributed by atoms with Gasteiger partial charge in [0.15, 0.2) is 5.13 Å². The minimum absolute atomic E-state index is 0.397. The van der Waals surface area contributed by atoms with Crippen LogP contribution in [0.5, 0.6) is 0 Å². The lowest BCUT2D eigenvalue weighted by atomic mass is 10.3. The van der Waals surface area contributed by atoms with Gasteiger partial charge in [0.1, 0.15) is 0 Å². The van der Waals surface area contributed by atoms with Gasteiger partial charge in [-0.15, -0.1) is 11.3 Å². The molecule has 0 bridgehead atoms. The van der Waals surface area contributed by atoms with Crippen LogP contribution in [0.15, 0.2) is 22.2 Å². The van der Waals surface area contributed by atoms with E-state index >= 15 is 0 Å².